The van der Waals surface area contributed by atoms with Crippen LogP contribution in [0.3, 0.4) is 0 Å². The maximum absolute atomic E-state index is 14.1. The number of nitrogens with one attached hydrogen (secondary N) is 2. The van der Waals surface area contributed by atoms with Crippen LogP contribution in [0.2, 0.25) is 0 Å². The molecule has 0 heterocycles. The van der Waals surface area contributed by atoms with Gasteiger partial charge in [-0.05, 0) is 129 Å². The lowest BCUT2D eigenvalue weighted by Gasteiger charge is -2.37. The topological polar surface area (TPSA) is 139 Å². The predicted molar refractivity (Wildman–Crippen MR) is 262 cm³/mol. The summed E-state index contributed by atoms with van der Waals surface area (Å²) < 4.78 is 0. The summed E-state index contributed by atoms with van der Waals surface area (Å²) in [6, 6.07) is 44.6. The van der Waals surface area contributed by atoms with Gasteiger partial charge in [0.2, 0.25) is 0 Å². The predicted octanol–water partition coefficient (Wildman–Crippen LogP) is 10.6. The summed E-state index contributed by atoms with van der Waals surface area (Å²) in [6.07, 6.45) is 23.5. The van der Waals surface area contributed by atoms with E-state index >= 15 is 0 Å². The largest absolute Gasteiger partial charge is 0.508 e. The summed E-state index contributed by atoms with van der Waals surface area (Å²) >= 11 is 0. The number of fused-ring (bicyclic) bond motifs is 3. The highest BCUT2D eigenvalue weighted by Crippen LogP contribution is 2.60. The fourth-order valence-corrected chi connectivity index (χ4v) is 9.18. The number of amides is 2. The number of carbonyl (C=O) groups excluding carboxylic acids is 2. The molecule has 0 saturated carbocycles. The number of aromatic hydroxyl groups is 4. The van der Waals surface area contributed by atoms with E-state index in [1.54, 1.807) is 97.1 Å². The van der Waals surface area contributed by atoms with Gasteiger partial charge in [-0.25, -0.2) is 0 Å². The van der Waals surface area contributed by atoms with Crippen molar-refractivity contribution in [3.8, 4) is 106 Å². The Hall–Kier alpha value is -9.86. The Morgan fingerprint density at radius 1 is 0.403 bits per heavy atom. The number of rotatable bonds is 8. The molecule has 0 aromatic heterocycles. The van der Waals surface area contributed by atoms with E-state index in [2.05, 4.69) is 34.3 Å². The number of terminal acetylenes is 4. The first-order valence-corrected chi connectivity index (χ1v) is 20.8. The van der Waals surface area contributed by atoms with Crippen LogP contribution in [0.1, 0.15) is 65.2 Å². The summed E-state index contributed by atoms with van der Waals surface area (Å²) in [5.74, 6) is 8.28. The molecule has 1 aliphatic carbocycles. The Labute approximate surface area is 386 Å². The van der Waals surface area contributed by atoms with E-state index in [1.807, 2.05) is 48.5 Å². The molecular formula is C59H36N2O6. The molecule has 1 aliphatic rings. The molecule has 0 spiro atoms. The molecule has 6 N–H and O–H groups in total. The molecule has 8 aromatic rings. The molecule has 0 radical (unpaired) electrons. The molecule has 0 atom stereocenters. The lowest BCUT2D eigenvalue weighted by Crippen LogP contribution is -2.30. The minimum atomic E-state index is -1.34. The quantitative estimate of drug-likeness (QED) is 0.0841. The van der Waals surface area contributed by atoms with Gasteiger partial charge >= 0.3 is 0 Å². The molecule has 0 fully saturated rings. The summed E-state index contributed by atoms with van der Waals surface area (Å²) in [4.78, 5) is 28.3. The van der Waals surface area contributed by atoms with Gasteiger partial charge < -0.3 is 31.1 Å². The third kappa shape index (κ3) is 7.11. The summed E-state index contributed by atoms with van der Waals surface area (Å²) in [6.45, 7) is 0. The lowest BCUT2D eigenvalue weighted by atomic mass is 9.64. The van der Waals surface area contributed by atoms with Gasteiger partial charge in [0.1, 0.15) is 23.0 Å². The number of phenols is 4. The lowest BCUT2D eigenvalue weighted by molar-refractivity contribution is 0.101. The fourth-order valence-electron chi connectivity index (χ4n) is 9.18. The normalized spacial score (nSPS) is 11.7. The van der Waals surface area contributed by atoms with Gasteiger partial charge in [-0.3, -0.25) is 9.59 Å². The first-order valence-electron chi connectivity index (χ1n) is 20.8. The van der Waals surface area contributed by atoms with Crippen LogP contribution in [-0.2, 0) is 5.41 Å². The summed E-state index contributed by atoms with van der Waals surface area (Å²) in [5.41, 5.74) is 6.27. The Kier molecular flexibility index (Phi) is 10.8. The smallest absolute Gasteiger partial charge is 0.255 e. The number of phenolic OH excluding ortho intramolecular Hbond substituents is 4. The summed E-state index contributed by atoms with van der Waals surface area (Å²) in [5, 5.41) is 51.3. The van der Waals surface area contributed by atoms with Crippen LogP contribution in [0.5, 0.6) is 23.0 Å². The molecule has 8 heteroatoms. The highest BCUT2D eigenvalue weighted by atomic mass is 16.3. The maximum Gasteiger partial charge on any atom is 0.255 e. The van der Waals surface area contributed by atoms with Crippen LogP contribution < -0.4 is 10.6 Å². The van der Waals surface area contributed by atoms with Crippen LogP contribution in [0.4, 0.5) is 11.4 Å². The van der Waals surface area contributed by atoms with Crippen molar-refractivity contribution < 1.29 is 30.0 Å². The van der Waals surface area contributed by atoms with Gasteiger partial charge in [0.05, 0.1) is 27.9 Å². The van der Waals surface area contributed by atoms with Gasteiger partial charge in [-0.2, -0.15) is 0 Å². The van der Waals surface area contributed by atoms with E-state index in [0.29, 0.717) is 44.5 Å². The molecule has 9 rings (SSSR count). The molecule has 8 nitrogen and oxygen atoms in total. The molecule has 67 heavy (non-hydrogen) atoms. The van der Waals surface area contributed by atoms with Crippen LogP contribution >= 0.6 is 0 Å². The second-order valence-corrected chi connectivity index (χ2v) is 15.7. The SMILES string of the molecule is C#Cc1cccc(C(=O)Nc2c(-c3cc(O)ccc3C3(c4ccc(O)cc4-c4ccc(O)c(C#C)c4NC(=O)c4cccc(C#C)c4)c4ccccc4-c4ccccc43)ccc(O)c2C#C)c1. The molecule has 318 valence electrons. The van der Waals surface area contributed by atoms with E-state index in [-0.39, 0.29) is 56.6 Å². The molecular weight excluding hydrogens is 833 g/mol. The fraction of sp³-hybridized carbons (Fsp3) is 0.0169. The summed E-state index contributed by atoms with van der Waals surface area (Å²) in [7, 11) is 0. The van der Waals surface area contributed by atoms with Gasteiger partial charge in [0, 0.05) is 33.4 Å². The number of carbonyl (C=O) groups is 2. The molecule has 0 unspecified atom stereocenters. The number of benzene rings is 8. The Bertz CT molecular complexity index is 3340. The number of hydrogen-bond donors (Lipinski definition) is 6. The minimum Gasteiger partial charge on any atom is -0.508 e. The minimum absolute atomic E-state index is 0.0149. The average molecular weight is 869 g/mol. The van der Waals surface area contributed by atoms with Crippen molar-refractivity contribution in [1.82, 2.24) is 0 Å². The molecule has 8 aromatic carbocycles. The Morgan fingerprint density at radius 2 is 0.806 bits per heavy atom. The van der Waals surface area contributed by atoms with E-state index in [4.69, 9.17) is 25.7 Å². The first kappa shape index (κ1) is 42.4. The van der Waals surface area contributed by atoms with E-state index in [0.717, 1.165) is 22.3 Å². The van der Waals surface area contributed by atoms with Crippen LogP contribution in [0.25, 0.3) is 33.4 Å². The number of hydrogen-bond acceptors (Lipinski definition) is 6. The van der Waals surface area contributed by atoms with Gasteiger partial charge in [0.15, 0.2) is 0 Å². The maximum atomic E-state index is 14.1. The highest BCUT2D eigenvalue weighted by Gasteiger charge is 2.49. The van der Waals surface area contributed by atoms with Crippen molar-refractivity contribution in [1.29, 1.82) is 0 Å². The van der Waals surface area contributed by atoms with Crippen LogP contribution in [-0.4, -0.2) is 32.2 Å². The zero-order valence-electron chi connectivity index (χ0n) is 35.4. The van der Waals surface area contributed by atoms with Gasteiger partial charge in [-0.1, -0.05) is 96.5 Å². The Morgan fingerprint density at radius 3 is 1.21 bits per heavy atom. The standard InChI is InChI=1S/C59H36N2O6/c1-5-35-15-13-17-37(31-35)57(66)60-55-41(7-3)53(64)29-25-45(55)47-33-39(62)23-27-51(47)59(49-21-11-9-19-43(49)44-20-10-12-22-50(44)59)52-28-24-40(63)34-48(52)46-26-30-54(65)42(8-4)56(46)61-58(67)38-18-14-16-36(6-2)32-38/h1-4,9-34,62-65H,(H,60,66)(H,61,67). The highest BCUT2D eigenvalue weighted by molar-refractivity contribution is 6.10. The van der Waals surface area contributed by atoms with Crippen molar-refractivity contribution in [2.75, 3.05) is 10.6 Å². The van der Waals surface area contributed by atoms with Crippen molar-refractivity contribution >= 4 is 23.2 Å². The second-order valence-electron chi connectivity index (χ2n) is 15.7. The van der Waals surface area contributed by atoms with Crippen molar-refractivity contribution in [2.24, 2.45) is 0 Å². The Balaban J connectivity index is 1.37. The van der Waals surface area contributed by atoms with Gasteiger partial charge in [0.25, 0.3) is 11.8 Å². The van der Waals surface area contributed by atoms with Crippen LogP contribution in [0, 0.1) is 49.4 Å². The monoisotopic (exact) mass is 868 g/mol. The molecule has 2 amide bonds. The van der Waals surface area contributed by atoms with Crippen molar-refractivity contribution in [3.05, 3.63) is 213 Å². The average Bonchev–Trinajstić information content (AvgIpc) is 3.64. The van der Waals surface area contributed by atoms with Crippen molar-refractivity contribution in [3.63, 3.8) is 0 Å². The van der Waals surface area contributed by atoms with E-state index in [1.165, 1.54) is 12.1 Å². The zero-order chi connectivity index (χ0) is 47.0. The van der Waals surface area contributed by atoms with Crippen molar-refractivity contribution in [2.45, 2.75) is 5.41 Å². The van der Waals surface area contributed by atoms with Crippen LogP contribution in [0.15, 0.2) is 158 Å². The first-order chi connectivity index (χ1) is 32.5. The van der Waals surface area contributed by atoms with E-state index in [9.17, 15) is 30.0 Å². The van der Waals surface area contributed by atoms with Gasteiger partial charge in [-0.15, -0.1) is 25.7 Å². The number of anilines is 2. The second kappa shape index (κ2) is 17.0. The third-order valence-electron chi connectivity index (χ3n) is 12.1. The molecule has 0 saturated heterocycles. The third-order valence-corrected chi connectivity index (χ3v) is 12.1. The molecule has 0 bridgehead atoms. The zero-order valence-corrected chi connectivity index (χ0v) is 35.4. The van der Waals surface area contributed by atoms with E-state index < -0.39 is 17.2 Å². The molecule has 0 aliphatic heterocycles.